The molecule has 0 aliphatic carbocycles. The Hall–Kier alpha value is -5.89. The van der Waals surface area contributed by atoms with Gasteiger partial charge in [0.25, 0.3) is 0 Å². The van der Waals surface area contributed by atoms with Crippen molar-refractivity contribution in [2.24, 2.45) is 0 Å². The molecule has 0 bridgehead atoms. The maximum absolute atomic E-state index is 12.7. The predicted molar refractivity (Wildman–Crippen MR) is 262 cm³/mol. The summed E-state index contributed by atoms with van der Waals surface area (Å²) in [7, 11) is -9.22. The third-order valence-corrected chi connectivity index (χ3v) is 12.9. The highest BCUT2D eigenvalue weighted by molar-refractivity contribution is 7.89. The molecule has 68 heavy (non-hydrogen) atoms. The number of hydrogen-bond acceptors (Lipinski definition) is 16. The predicted octanol–water partition coefficient (Wildman–Crippen LogP) is 5.41. The van der Waals surface area contributed by atoms with Crippen LogP contribution in [0.2, 0.25) is 15.3 Å². The van der Waals surface area contributed by atoms with Crippen LogP contribution in [0.15, 0.2) is 120 Å². The van der Waals surface area contributed by atoms with Gasteiger partial charge < -0.3 is 20.7 Å². The third kappa shape index (κ3) is 14.1. The van der Waals surface area contributed by atoms with Gasteiger partial charge in [-0.1, -0.05) is 35.3 Å². The highest BCUT2D eigenvalue weighted by atomic mass is 35.5. The number of sulfonamides is 2. The fourth-order valence-electron chi connectivity index (χ4n) is 6.01. The van der Waals surface area contributed by atoms with Crippen molar-refractivity contribution in [3.63, 3.8) is 0 Å². The maximum Gasteiger partial charge on any atom is 0.490 e. The lowest BCUT2D eigenvalue weighted by molar-refractivity contribution is 0.425. The fraction of sp³-hybridized carbons (Fsp3) is 0.238. The van der Waals surface area contributed by atoms with Crippen molar-refractivity contribution < 1.29 is 26.9 Å². The third-order valence-electron chi connectivity index (χ3n) is 8.73. The fourth-order valence-corrected chi connectivity index (χ4v) is 9.46. The Morgan fingerprint density at radius 1 is 0.632 bits per heavy atom. The molecule has 0 aromatic carbocycles. The number of pyridine rings is 4. The number of aromatic nitrogens is 10. The van der Waals surface area contributed by atoms with Crippen LogP contribution in [0.3, 0.4) is 0 Å². The molecule has 26 heteroatoms. The summed E-state index contributed by atoms with van der Waals surface area (Å²) >= 11 is 18.3. The van der Waals surface area contributed by atoms with Crippen molar-refractivity contribution in [1.29, 1.82) is 0 Å². The second-order valence-corrected chi connectivity index (χ2v) is 21.2. The van der Waals surface area contributed by atoms with Crippen molar-refractivity contribution >= 4 is 90.1 Å². The van der Waals surface area contributed by atoms with E-state index in [1.54, 1.807) is 87.5 Å². The van der Waals surface area contributed by atoms with Crippen molar-refractivity contribution in [2.75, 3.05) is 10.6 Å². The van der Waals surface area contributed by atoms with Crippen LogP contribution in [0, 0.1) is 0 Å². The second kappa shape index (κ2) is 21.6. The number of rotatable bonds is 12. The molecule has 6 N–H and O–H groups in total. The maximum atomic E-state index is 12.7. The average molecular weight is 1020 g/mol. The summed E-state index contributed by atoms with van der Waals surface area (Å²) in [6.07, 6.45) is 12.1. The van der Waals surface area contributed by atoms with E-state index in [0.717, 1.165) is 17.6 Å². The van der Waals surface area contributed by atoms with E-state index in [1.807, 2.05) is 36.4 Å². The van der Waals surface area contributed by atoms with Gasteiger partial charge in [-0.25, -0.2) is 40.3 Å². The van der Waals surface area contributed by atoms with Gasteiger partial charge in [-0.15, -0.1) is 10.2 Å². The van der Waals surface area contributed by atoms with Gasteiger partial charge in [-0.2, -0.15) is 4.98 Å². The highest BCUT2D eigenvalue weighted by Gasteiger charge is 2.25. The standard InChI is InChI=1S/C21H22ClN7O2S.C12H9Cl2N5.C9H15BN2O4S/c1-21(2,3)28-32(30,31)16-10-14(11-23-13-16)19-26-20(18-17(22)7-9-29(18)27-19)25-12-15-6-4-5-8-24-15;13-9-4-6-19-10(9)11(17-12(14)18-19)16-7-8-3-1-2-5-15-8;1-9(2,3)12-17(15,16)8-4-7(10(13)14)5-11-6-8/h4-11,13,28H,12H2,1-3H3,(H,25,26,27);1-6H,7H2,(H,16,17,18);4-6,12-14H,1-3H3. The Morgan fingerprint density at radius 3 is 1.60 bits per heavy atom. The Balaban J connectivity index is 0.000000181. The van der Waals surface area contributed by atoms with Gasteiger partial charge in [0.15, 0.2) is 17.5 Å². The number of anilines is 2. The minimum Gasteiger partial charge on any atom is -0.423 e. The summed E-state index contributed by atoms with van der Waals surface area (Å²) in [5, 5.41) is 34.1. The molecule has 0 unspecified atom stereocenters. The van der Waals surface area contributed by atoms with Crippen LogP contribution in [0.5, 0.6) is 0 Å². The quantitative estimate of drug-likeness (QED) is 0.0836. The van der Waals surface area contributed by atoms with Crippen LogP contribution >= 0.6 is 34.8 Å². The van der Waals surface area contributed by atoms with E-state index in [2.05, 4.69) is 60.2 Å². The first-order valence-electron chi connectivity index (χ1n) is 20.4. The Bertz CT molecular complexity index is 3230. The summed E-state index contributed by atoms with van der Waals surface area (Å²) in [5.74, 6) is 1.38. The average Bonchev–Trinajstić information content (AvgIpc) is 3.85. The minimum atomic E-state index is -3.76. The summed E-state index contributed by atoms with van der Waals surface area (Å²) in [4.78, 5) is 25.0. The SMILES string of the molecule is CC(C)(C)NS(=O)(=O)c1cncc(-c2nc(NCc3ccccn3)c3c(Cl)ccn3n2)c1.CC(C)(C)NS(=O)(=O)c1cncc(B(O)O)c1.Clc1nc(NCc2ccccn2)c2c(Cl)ccn2n1. The highest BCUT2D eigenvalue weighted by Crippen LogP contribution is 2.29. The molecule has 0 atom stereocenters. The van der Waals surface area contributed by atoms with E-state index in [0.29, 0.717) is 57.2 Å². The largest absolute Gasteiger partial charge is 0.490 e. The van der Waals surface area contributed by atoms with Gasteiger partial charge in [0.1, 0.15) is 15.9 Å². The normalized spacial score (nSPS) is 11.9. The van der Waals surface area contributed by atoms with Crippen molar-refractivity contribution in [1.82, 2.24) is 58.6 Å². The summed E-state index contributed by atoms with van der Waals surface area (Å²) in [6.45, 7) is 11.4. The number of halogens is 3. The molecule has 0 saturated heterocycles. The van der Waals surface area contributed by atoms with Gasteiger partial charge in [0.05, 0.1) is 39.4 Å². The Morgan fingerprint density at radius 2 is 1.12 bits per heavy atom. The van der Waals surface area contributed by atoms with Gasteiger partial charge in [0, 0.05) is 71.7 Å². The molecule has 0 saturated carbocycles. The van der Waals surface area contributed by atoms with E-state index in [-0.39, 0.29) is 20.5 Å². The number of fused-ring (bicyclic) bond motifs is 2. The number of nitrogens with zero attached hydrogens (tertiary/aromatic N) is 10. The summed E-state index contributed by atoms with van der Waals surface area (Å²) in [6, 6.07) is 17.5. The molecule has 8 aromatic heterocycles. The van der Waals surface area contributed by atoms with Crippen LogP contribution < -0.4 is 25.5 Å². The molecule has 8 rings (SSSR count). The van der Waals surface area contributed by atoms with Crippen molar-refractivity contribution in [3.8, 4) is 11.4 Å². The zero-order valence-corrected chi connectivity index (χ0v) is 41.2. The van der Waals surface area contributed by atoms with E-state index in [4.69, 9.17) is 44.9 Å². The lowest BCUT2D eigenvalue weighted by Gasteiger charge is -2.20. The minimum absolute atomic E-state index is 0.0294. The van der Waals surface area contributed by atoms with Crippen molar-refractivity contribution in [2.45, 2.75) is 75.5 Å². The molecule has 0 fully saturated rings. The first-order chi connectivity index (χ1) is 32.0. The lowest BCUT2D eigenvalue weighted by atomic mass is 9.82. The smallest absolute Gasteiger partial charge is 0.423 e. The molecule has 0 amide bonds. The van der Waals surface area contributed by atoms with Gasteiger partial charge in [0.2, 0.25) is 25.3 Å². The topological polar surface area (TPSA) is 269 Å². The lowest BCUT2D eigenvalue weighted by Crippen LogP contribution is -2.41. The zero-order valence-electron chi connectivity index (χ0n) is 37.3. The molecule has 8 heterocycles. The first kappa shape index (κ1) is 51.5. The second-order valence-electron chi connectivity index (χ2n) is 16.7. The Labute approximate surface area is 407 Å². The van der Waals surface area contributed by atoms with Crippen LogP contribution in [0.1, 0.15) is 52.9 Å². The Kier molecular flexibility index (Phi) is 16.4. The molecule has 0 spiro atoms. The van der Waals surface area contributed by atoms with Gasteiger partial charge in [-0.3, -0.25) is 19.9 Å². The van der Waals surface area contributed by atoms with E-state index < -0.39 is 38.2 Å². The zero-order chi connectivity index (χ0) is 49.4. The molecule has 20 nitrogen and oxygen atoms in total. The van der Waals surface area contributed by atoms with Gasteiger partial charge >= 0.3 is 7.12 Å². The van der Waals surface area contributed by atoms with Crippen LogP contribution in [-0.2, 0) is 33.1 Å². The van der Waals surface area contributed by atoms with Crippen molar-refractivity contribution in [3.05, 3.63) is 137 Å². The molecule has 0 aliphatic rings. The van der Waals surface area contributed by atoms with E-state index >= 15 is 0 Å². The first-order valence-corrected chi connectivity index (χ1v) is 24.5. The van der Waals surface area contributed by atoms with Crippen LogP contribution in [-0.4, -0.2) is 94.2 Å². The number of hydrogen-bond donors (Lipinski definition) is 6. The van der Waals surface area contributed by atoms with Crippen LogP contribution in [0.4, 0.5) is 11.6 Å². The van der Waals surface area contributed by atoms with E-state index in [1.165, 1.54) is 30.7 Å². The molecule has 8 aromatic rings. The summed E-state index contributed by atoms with van der Waals surface area (Å²) in [5.41, 5.74) is 2.27. The van der Waals surface area contributed by atoms with Crippen LogP contribution in [0.25, 0.3) is 22.4 Å². The van der Waals surface area contributed by atoms with E-state index in [9.17, 15) is 16.8 Å². The molecule has 356 valence electrons. The molecule has 0 aliphatic heterocycles. The molecule has 0 radical (unpaired) electrons. The number of nitrogens with one attached hydrogen (secondary N) is 4. The monoisotopic (exact) mass is 1020 g/mol. The van der Waals surface area contributed by atoms with Gasteiger partial charge in [-0.05, 0) is 102 Å². The molecular formula is C42H46BCl3N14O6S2. The molecular weight excluding hydrogens is 978 g/mol. The summed E-state index contributed by atoms with van der Waals surface area (Å²) < 4.78 is 57.6.